The molecule has 0 aliphatic carbocycles. The Kier molecular flexibility index (Phi) is 4.30. The Labute approximate surface area is 127 Å². The molecule has 0 spiro atoms. The van der Waals surface area contributed by atoms with Gasteiger partial charge >= 0.3 is 0 Å². The first kappa shape index (κ1) is 14.7. The van der Waals surface area contributed by atoms with Crippen molar-refractivity contribution in [2.24, 2.45) is 0 Å². The zero-order valence-corrected chi connectivity index (χ0v) is 12.0. The summed E-state index contributed by atoms with van der Waals surface area (Å²) in [6, 6.07) is 10.2. The summed E-state index contributed by atoms with van der Waals surface area (Å²) >= 11 is 3.11. The number of carbonyl (C=O) groups is 1. The normalized spacial score (nSPS) is 11.0. The minimum Gasteiger partial charge on any atom is -0.450 e. The summed E-state index contributed by atoms with van der Waals surface area (Å²) in [6.07, 6.45) is 1.28. The van der Waals surface area contributed by atoms with Crippen LogP contribution in [0.2, 0.25) is 0 Å². The molecule has 104 valence electrons. The third-order valence-electron chi connectivity index (χ3n) is 2.56. The molecular weight excluding hydrogens is 340 g/mol. The highest BCUT2D eigenvalue weighted by atomic mass is 79.9. The smallest absolute Gasteiger partial charge is 0.270 e. The summed E-state index contributed by atoms with van der Waals surface area (Å²) in [7, 11) is 0. The van der Waals surface area contributed by atoms with Gasteiger partial charge < -0.3 is 4.42 Å². The van der Waals surface area contributed by atoms with E-state index in [1.807, 2.05) is 0 Å². The molecule has 0 saturated carbocycles. The molecule has 0 amide bonds. The fourth-order valence-corrected chi connectivity index (χ4v) is 1.93. The van der Waals surface area contributed by atoms with Crippen molar-refractivity contribution in [1.82, 2.24) is 0 Å². The number of hydrogen-bond acceptors (Lipinski definition) is 5. The lowest BCUT2D eigenvalue weighted by molar-refractivity contribution is -0.384. The summed E-state index contributed by atoms with van der Waals surface area (Å²) in [6.45, 7) is 0. The predicted octanol–water partition coefficient (Wildman–Crippen LogP) is 3.74. The van der Waals surface area contributed by atoms with Gasteiger partial charge in [-0.1, -0.05) is 12.1 Å². The van der Waals surface area contributed by atoms with Crippen LogP contribution in [0.3, 0.4) is 0 Å². The summed E-state index contributed by atoms with van der Waals surface area (Å²) < 4.78 is 5.66. The van der Waals surface area contributed by atoms with Crippen molar-refractivity contribution >= 4 is 33.5 Å². The molecule has 21 heavy (non-hydrogen) atoms. The van der Waals surface area contributed by atoms with Crippen molar-refractivity contribution in [1.29, 1.82) is 5.26 Å². The number of furan rings is 1. The molecule has 2 aromatic rings. The minimum atomic E-state index is -0.603. The molecule has 1 heterocycles. The van der Waals surface area contributed by atoms with Crippen LogP contribution >= 0.6 is 15.9 Å². The Morgan fingerprint density at radius 3 is 2.71 bits per heavy atom. The quantitative estimate of drug-likeness (QED) is 0.276. The van der Waals surface area contributed by atoms with Gasteiger partial charge in [-0.2, -0.15) is 5.26 Å². The average molecular weight is 347 g/mol. The van der Waals surface area contributed by atoms with Gasteiger partial charge in [-0.15, -0.1) is 0 Å². The highest BCUT2D eigenvalue weighted by Gasteiger charge is 2.16. The SMILES string of the molecule is N#CC(=Cc1ccc(Br)o1)C(=O)c1cccc([N+](=O)[O-])c1. The number of nitro benzene ring substituents is 1. The molecule has 0 fully saturated rings. The van der Waals surface area contributed by atoms with Gasteiger partial charge in [-0.25, -0.2) is 0 Å². The maximum atomic E-state index is 12.2. The van der Waals surface area contributed by atoms with Gasteiger partial charge in [0.2, 0.25) is 5.78 Å². The van der Waals surface area contributed by atoms with Gasteiger partial charge in [0, 0.05) is 23.8 Å². The number of benzene rings is 1. The van der Waals surface area contributed by atoms with Crippen LogP contribution in [0, 0.1) is 21.4 Å². The number of Topliss-reactive ketones (excluding diaryl/α,β-unsaturated/α-hetero) is 1. The molecule has 0 aliphatic heterocycles. The van der Waals surface area contributed by atoms with E-state index in [2.05, 4.69) is 15.9 Å². The van der Waals surface area contributed by atoms with E-state index in [1.165, 1.54) is 24.3 Å². The monoisotopic (exact) mass is 346 g/mol. The highest BCUT2D eigenvalue weighted by molar-refractivity contribution is 9.10. The predicted molar refractivity (Wildman–Crippen MR) is 77.4 cm³/mol. The van der Waals surface area contributed by atoms with Crippen molar-refractivity contribution in [3.63, 3.8) is 0 Å². The van der Waals surface area contributed by atoms with Crippen molar-refractivity contribution < 1.29 is 14.1 Å². The third-order valence-corrected chi connectivity index (χ3v) is 2.99. The van der Waals surface area contributed by atoms with Crippen molar-refractivity contribution in [3.05, 3.63) is 68.1 Å². The topological polar surface area (TPSA) is 97.1 Å². The molecule has 0 aliphatic rings. The first-order chi connectivity index (χ1) is 10.0. The summed E-state index contributed by atoms with van der Waals surface area (Å²) in [5, 5.41) is 19.8. The second-order valence-corrected chi connectivity index (χ2v) is 4.73. The maximum Gasteiger partial charge on any atom is 0.270 e. The second-order valence-electron chi connectivity index (χ2n) is 3.95. The van der Waals surface area contributed by atoms with Crippen LogP contribution < -0.4 is 0 Å². The molecule has 0 saturated heterocycles. The van der Waals surface area contributed by atoms with E-state index < -0.39 is 10.7 Å². The molecular formula is C14H7BrN2O4. The van der Waals surface area contributed by atoms with Gasteiger partial charge in [-0.05, 0) is 28.1 Å². The third kappa shape index (κ3) is 3.43. The van der Waals surface area contributed by atoms with Crippen molar-refractivity contribution in [3.8, 4) is 6.07 Å². The van der Waals surface area contributed by atoms with Crippen LogP contribution in [0.1, 0.15) is 16.1 Å². The van der Waals surface area contributed by atoms with Crippen molar-refractivity contribution in [2.75, 3.05) is 0 Å². The molecule has 6 nitrogen and oxygen atoms in total. The molecule has 0 unspecified atom stereocenters. The fourth-order valence-electron chi connectivity index (χ4n) is 1.61. The standard InChI is InChI=1S/C14H7BrN2O4/c15-13-5-4-12(21-13)7-10(8-16)14(18)9-2-1-3-11(6-9)17(19)20/h1-7H. The van der Waals surface area contributed by atoms with Crippen LogP contribution in [-0.4, -0.2) is 10.7 Å². The molecule has 0 bridgehead atoms. The number of hydrogen-bond donors (Lipinski definition) is 0. The van der Waals surface area contributed by atoms with Crippen LogP contribution in [0.4, 0.5) is 5.69 Å². The largest absolute Gasteiger partial charge is 0.450 e. The number of non-ortho nitro benzene ring substituents is 1. The Bertz CT molecular complexity index is 786. The van der Waals surface area contributed by atoms with Crippen LogP contribution in [0.5, 0.6) is 0 Å². The number of nitriles is 1. The molecule has 1 aromatic heterocycles. The van der Waals surface area contributed by atoms with Crippen LogP contribution in [-0.2, 0) is 0 Å². The number of nitro groups is 1. The Hall–Kier alpha value is -2.72. The zero-order chi connectivity index (χ0) is 15.4. The number of nitrogens with zero attached hydrogens (tertiary/aromatic N) is 2. The molecule has 7 heteroatoms. The fraction of sp³-hybridized carbons (Fsp3) is 0. The number of rotatable bonds is 4. The van der Waals surface area contributed by atoms with E-state index in [0.29, 0.717) is 10.4 Å². The summed E-state index contributed by atoms with van der Waals surface area (Å²) in [5.41, 5.74) is -0.307. The molecule has 0 atom stereocenters. The number of allylic oxidation sites excluding steroid dienone is 1. The van der Waals surface area contributed by atoms with Crippen LogP contribution in [0.25, 0.3) is 6.08 Å². The van der Waals surface area contributed by atoms with E-state index in [0.717, 1.165) is 6.07 Å². The molecule has 2 rings (SSSR count). The first-order valence-electron chi connectivity index (χ1n) is 5.67. The van der Waals surface area contributed by atoms with E-state index in [1.54, 1.807) is 18.2 Å². The summed E-state index contributed by atoms with van der Waals surface area (Å²) in [5.74, 6) is -0.272. The molecule has 0 N–H and O–H groups in total. The van der Waals surface area contributed by atoms with Gasteiger partial charge in [0.1, 0.15) is 17.4 Å². The lowest BCUT2D eigenvalue weighted by Gasteiger charge is -1.99. The first-order valence-corrected chi connectivity index (χ1v) is 6.47. The maximum absolute atomic E-state index is 12.2. The zero-order valence-electron chi connectivity index (χ0n) is 10.4. The van der Waals surface area contributed by atoms with E-state index in [4.69, 9.17) is 9.68 Å². The van der Waals surface area contributed by atoms with Crippen LogP contribution in [0.15, 0.2) is 51.1 Å². The minimum absolute atomic E-state index is 0.0719. The van der Waals surface area contributed by atoms with Gasteiger partial charge in [0.05, 0.1) is 4.92 Å². The number of carbonyl (C=O) groups excluding carboxylic acids is 1. The molecule has 1 aromatic carbocycles. The van der Waals surface area contributed by atoms with E-state index >= 15 is 0 Å². The lowest BCUT2D eigenvalue weighted by atomic mass is 10.0. The lowest BCUT2D eigenvalue weighted by Crippen LogP contribution is -2.02. The van der Waals surface area contributed by atoms with E-state index in [-0.39, 0.29) is 16.8 Å². The summed E-state index contributed by atoms with van der Waals surface area (Å²) in [4.78, 5) is 22.3. The second kappa shape index (κ2) is 6.15. The molecule has 0 radical (unpaired) electrons. The van der Waals surface area contributed by atoms with Gasteiger partial charge in [-0.3, -0.25) is 14.9 Å². The number of halogens is 1. The van der Waals surface area contributed by atoms with Gasteiger partial charge in [0.15, 0.2) is 4.67 Å². The van der Waals surface area contributed by atoms with Crippen molar-refractivity contribution in [2.45, 2.75) is 0 Å². The van der Waals surface area contributed by atoms with Gasteiger partial charge in [0.25, 0.3) is 5.69 Å². The van der Waals surface area contributed by atoms with E-state index in [9.17, 15) is 14.9 Å². The Balaban J connectivity index is 2.37. The Morgan fingerprint density at radius 2 is 2.14 bits per heavy atom. The highest BCUT2D eigenvalue weighted by Crippen LogP contribution is 2.20. The Morgan fingerprint density at radius 1 is 1.38 bits per heavy atom. The number of ketones is 1. The average Bonchev–Trinajstić information content (AvgIpc) is 2.89.